The molecule has 3 aromatic rings. The molecule has 0 aromatic heterocycles. The van der Waals surface area contributed by atoms with Crippen molar-refractivity contribution in [2.45, 2.75) is 25.2 Å². The largest absolute Gasteiger partial charge is 0.496 e. The van der Waals surface area contributed by atoms with E-state index in [1.54, 1.807) is 7.11 Å². The molecule has 1 atom stereocenters. The van der Waals surface area contributed by atoms with Crippen molar-refractivity contribution < 1.29 is 9.53 Å². The van der Waals surface area contributed by atoms with Crippen LogP contribution in [0.2, 0.25) is 0 Å². The molecular weight excluding hydrogens is 334 g/mol. The van der Waals surface area contributed by atoms with Crippen molar-refractivity contribution in [1.29, 1.82) is 0 Å². The Balaban J connectivity index is 1.86. The Morgan fingerprint density at radius 3 is 2.67 bits per heavy atom. The lowest BCUT2D eigenvalue weighted by molar-refractivity contribution is -0.116. The van der Waals surface area contributed by atoms with Gasteiger partial charge in [0.2, 0.25) is 0 Å². The van der Waals surface area contributed by atoms with E-state index in [1.807, 2.05) is 18.2 Å². The summed E-state index contributed by atoms with van der Waals surface area (Å²) in [6.07, 6.45) is 2.44. The van der Waals surface area contributed by atoms with Crippen LogP contribution in [0.25, 0.3) is 10.8 Å². The first-order chi connectivity index (χ1) is 13.3. The predicted octanol–water partition coefficient (Wildman–Crippen LogP) is 5.41. The molecule has 1 aliphatic heterocycles. The fraction of sp³-hybridized carbons (Fsp3) is 0.208. The lowest BCUT2D eigenvalue weighted by atomic mass is 9.74. The summed E-state index contributed by atoms with van der Waals surface area (Å²) in [4.78, 5) is 13.0. The van der Waals surface area contributed by atoms with Gasteiger partial charge in [-0.15, -0.1) is 0 Å². The number of methoxy groups -OCH3 is 1. The molecule has 2 aliphatic rings. The number of fused-ring (bicyclic) bond motifs is 3. The number of rotatable bonds is 2. The number of nitrogens with one attached hydrogen (secondary N) is 1. The van der Waals surface area contributed by atoms with Gasteiger partial charge in [0.05, 0.1) is 7.11 Å². The molecule has 134 valence electrons. The zero-order valence-electron chi connectivity index (χ0n) is 15.3. The molecule has 27 heavy (non-hydrogen) atoms. The van der Waals surface area contributed by atoms with Gasteiger partial charge in [0.1, 0.15) is 5.75 Å². The summed E-state index contributed by atoms with van der Waals surface area (Å²) in [5, 5.41) is 5.95. The van der Waals surface area contributed by atoms with E-state index >= 15 is 0 Å². The molecular formula is C24H21NO2. The van der Waals surface area contributed by atoms with Crippen LogP contribution in [0.5, 0.6) is 5.75 Å². The van der Waals surface area contributed by atoms with Crippen LogP contribution in [0.1, 0.15) is 36.3 Å². The van der Waals surface area contributed by atoms with Gasteiger partial charge in [-0.3, -0.25) is 4.79 Å². The molecule has 1 heterocycles. The number of benzene rings is 3. The van der Waals surface area contributed by atoms with E-state index in [2.05, 4.69) is 47.8 Å². The number of para-hydroxylation sites is 1. The monoisotopic (exact) mass is 355 g/mol. The molecule has 5 rings (SSSR count). The molecule has 3 aromatic carbocycles. The molecule has 0 saturated heterocycles. The summed E-state index contributed by atoms with van der Waals surface area (Å²) < 4.78 is 5.69. The lowest BCUT2D eigenvalue weighted by Crippen LogP contribution is -2.27. The minimum absolute atomic E-state index is 0.105. The maximum absolute atomic E-state index is 13.0. The van der Waals surface area contributed by atoms with Crippen LogP contribution >= 0.6 is 0 Å². The zero-order valence-corrected chi connectivity index (χ0v) is 15.3. The van der Waals surface area contributed by atoms with Crippen molar-refractivity contribution in [3.8, 4) is 5.75 Å². The fourth-order valence-corrected chi connectivity index (χ4v) is 4.57. The van der Waals surface area contributed by atoms with Gasteiger partial charge in [0.25, 0.3) is 0 Å². The van der Waals surface area contributed by atoms with Crippen LogP contribution in [0.3, 0.4) is 0 Å². The Morgan fingerprint density at radius 1 is 0.963 bits per heavy atom. The molecule has 1 unspecified atom stereocenters. The van der Waals surface area contributed by atoms with Gasteiger partial charge in [0.15, 0.2) is 5.78 Å². The van der Waals surface area contributed by atoms with E-state index in [0.29, 0.717) is 6.42 Å². The summed E-state index contributed by atoms with van der Waals surface area (Å²) in [6.45, 7) is 0. The molecule has 3 nitrogen and oxygen atoms in total. The molecule has 0 amide bonds. The zero-order chi connectivity index (χ0) is 18.4. The minimum atomic E-state index is -0.105. The summed E-state index contributed by atoms with van der Waals surface area (Å²) in [5.41, 5.74) is 5.31. The molecule has 0 radical (unpaired) electrons. The summed E-state index contributed by atoms with van der Waals surface area (Å²) in [6, 6.07) is 20.8. The molecule has 0 saturated carbocycles. The highest BCUT2D eigenvalue weighted by Gasteiger charge is 2.37. The van der Waals surface area contributed by atoms with Crippen molar-refractivity contribution in [3.05, 3.63) is 83.1 Å². The Morgan fingerprint density at radius 2 is 1.78 bits per heavy atom. The predicted molar refractivity (Wildman–Crippen MR) is 108 cm³/mol. The topological polar surface area (TPSA) is 38.3 Å². The highest BCUT2D eigenvalue weighted by molar-refractivity contribution is 6.04. The van der Waals surface area contributed by atoms with E-state index in [4.69, 9.17) is 4.74 Å². The first-order valence-electron chi connectivity index (χ1n) is 9.46. The Hall–Kier alpha value is -3.07. The number of ketones is 1. The smallest absolute Gasteiger partial charge is 0.161 e. The average molecular weight is 355 g/mol. The van der Waals surface area contributed by atoms with Crippen LogP contribution in [0.4, 0.5) is 5.69 Å². The number of hydrogen-bond acceptors (Lipinski definition) is 3. The number of ether oxygens (including phenoxy) is 1. The van der Waals surface area contributed by atoms with Gasteiger partial charge in [-0.1, -0.05) is 48.5 Å². The Bertz CT molecular complexity index is 1100. The first kappa shape index (κ1) is 16.1. The lowest BCUT2D eigenvalue weighted by Gasteiger charge is -2.35. The van der Waals surface area contributed by atoms with Crippen molar-refractivity contribution in [1.82, 2.24) is 0 Å². The van der Waals surface area contributed by atoms with Crippen LogP contribution in [0, 0.1) is 0 Å². The molecule has 0 spiro atoms. The quantitative estimate of drug-likeness (QED) is 0.668. The summed E-state index contributed by atoms with van der Waals surface area (Å²) in [7, 11) is 1.70. The van der Waals surface area contributed by atoms with E-state index in [0.717, 1.165) is 41.1 Å². The third-order valence-electron chi connectivity index (χ3n) is 5.74. The average Bonchev–Trinajstić information content (AvgIpc) is 2.72. The van der Waals surface area contributed by atoms with Crippen molar-refractivity contribution in [2.75, 3.05) is 12.4 Å². The summed E-state index contributed by atoms with van der Waals surface area (Å²) >= 11 is 0. The minimum Gasteiger partial charge on any atom is -0.496 e. The number of allylic oxidation sites excluding steroid dienone is 2. The van der Waals surface area contributed by atoms with Gasteiger partial charge < -0.3 is 10.1 Å². The maximum Gasteiger partial charge on any atom is 0.161 e. The highest BCUT2D eigenvalue weighted by atomic mass is 16.5. The highest BCUT2D eigenvalue weighted by Crippen LogP contribution is 2.49. The number of hydrogen-bond donors (Lipinski definition) is 1. The van der Waals surface area contributed by atoms with E-state index in [-0.39, 0.29) is 11.7 Å². The van der Waals surface area contributed by atoms with Gasteiger partial charge in [-0.25, -0.2) is 0 Å². The molecule has 3 heteroatoms. The second kappa shape index (κ2) is 6.27. The van der Waals surface area contributed by atoms with Crippen LogP contribution in [0.15, 0.2) is 71.9 Å². The molecule has 1 aliphatic carbocycles. The van der Waals surface area contributed by atoms with E-state index in [1.165, 1.54) is 16.3 Å². The van der Waals surface area contributed by atoms with Gasteiger partial charge in [-0.05, 0) is 41.3 Å². The second-order valence-corrected chi connectivity index (χ2v) is 7.22. The Labute approximate surface area is 158 Å². The number of Topliss-reactive ketones (excluding diaryl/α,β-unsaturated/α-hetero) is 1. The van der Waals surface area contributed by atoms with Crippen molar-refractivity contribution in [3.63, 3.8) is 0 Å². The van der Waals surface area contributed by atoms with Gasteiger partial charge >= 0.3 is 0 Å². The van der Waals surface area contributed by atoms with E-state index in [9.17, 15) is 4.79 Å². The first-order valence-corrected chi connectivity index (χ1v) is 9.46. The van der Waals surface area contributed by atoms with Crippen molar-refractivity contribution in [2.24, 2.45) is 0 Å². The Kier molecular flexibility index (Phi) is 3.75. The van der Waals surface area contributed by atoms with E-state index < -0.39 is 0 Å². The van der Waals surface area contributed by atoms with Crippen LogP contribution in [-0.2, 0) is 4.79 Å². The van der Waals surface area contributed by atoms with Crippen LogP contribution in [-0.4, -0.2) is 12.9 Å². The number of carbonyl (C=O) groups is 1. The van der Waals surface area contributed by atoms with Crippen molar-refractivity contribution >= 4 is 22.2 Å². The fourth-order valence-electron chi connectivity index (χ4n) is 4.57. The maximum atomic E-state index is 13.0. The second-order valence-electron chi connectivity index (χ2n) is 7.22. The standard InChI is InChI=1S/C24H21NO2/c1-27-21-12-5-4-9-17(21)23-22-16-8-3-2-7-15(16)13-14-19(22)25-18-10-6-11-20(26)24(18)23/h2-5,7-9,12-14,23,25H,6,10-11H2,1H3. The molecule has 0 bridgehead atoms. The number of carbonyl (C=O) groups excluding carboxylic acids is 1. The SMILES string of the molecule is COc1ccccc1C1C2=C(CCCC2=O)Nc2ccc3ccccc3c21. The third-order valence-corrected chi connectivity index (χ3v) is 5.74. The molecule has 0 fully saturated rings. The van der Waals surface area contributed by atoms with Gasteiger partial charge in [-0.2, -0.15) is 0 Å². The normalized spacial score (nSPS) is 18.7. The third kappa shape index (κ3) is 2.46. The molecule has 1 N–H and O–H groups in total. The summed E-state index contributed by atoms with van der Waals surface area (Å²) in [5.74, 6) is 0.970. The van der Waals surface area contributed by atoms with Gasteiger partial charge in [0, 0.05) is 34.9 Å². The number of anilines is 1. The van der Waals surface area contributed by atoms with Crippen LogP contribution < -0.4 is 10.1 Å².